The fraction of sp³-hybridized carbons (Fsp3) is 1.00. The first-order valence-electron chi connectivity index (χ1n) is 3.28. The summed E-state index contributed by atoms with van der Waals surface area (Å²) in [7, 11) is 4.10. The van der Waals surface area contributed by atoms with Crippen LogP contribution in [-0.4, -0.2) is 44.9 Å². The molecule has 9 heavy (non-hydrogen) atoms. The molecule has 1 fully saturated rings. The maximum atomic E-state index is 5.24. The van der Waals surface area contributed by atoms with Crippen LogP contribution in [0, 0.1) is 0 Å². The molecule has 1 atom stereocenters. The first-order chi connectivity index (χ1) is 4.30. The van der Waals surface area contributed by atoms with Gasteiger partial charge in [-0.1, -0.05) is 0 Å². The molecule has 3 heteroatoms. The molecular formula is C6H14N2O. The van der Waals surface area contributed by atoms with Gasteiger partial charge in [0, 0.05) is 6.54 Å². The van der Waals surface area contributed by atoms with Crippen LogP contribution in [0.1, 0.15) is 0 Å². The van der Waals surface area contributed by atoms with E-state index >= 15 is 0 Å². The molecule has 0 spiro atoms. The lowest BCUT2D eigenvalue weighted by Gasteiger charge is -2.28. The number of ether oxygens (including phenoxy) is 1. The number of rotatable bonds is 1. The second-order valence-electron chi connectivity index (χ2n) is 2.51. The fourth-order valence-electron chi connectivity index (χ4n) is 0.883. The van der Waals surface area contributed by atoms with Gasteiger partial charge in [-0.2, -0.15) is 0 Å². The summed E-state index contributed by atoms with van der Waals surface area (Å²) in [6, 6.07) is 0. The van der Waals surface area contributed by atoms with Crippen LogP contribution in [0.4, 0.5) is 0 Å². The van der Waals surface area contributed by atoms with Gasteiger partial charge in [0.1, 0.15) is 0 Å². The number of hydrogen-bond acceptors (Lipinski definition) is 3. The Balaban J connectivity index is 2.23. The Bertz CT molecular complexity index is 79.1. The van der Waals surface area contributed by atoms with Crippen molar-refractivity contribution in [1.82, 2.24) is 10.2 Å². The molecule has 0 saturated carbocycles. The lowest BCUT2D eigenvalue weighted by Crippen LogP contribution is -2.49. The van der Waals surface area contributed by atoms with Crippen molar-refractivity contribution in [2.75, 3.05) is 33.9 Å². The maximum absolute atomic E-state index is 5.24. The molecular weight excluding hydrogens is 116 g/mol. The minimum Gasteiger partial charge on any atom is -0.377 e. The van der Waals surface area contributed by atoms with Gasteiger partial charge in [-0.05, 0) is 14.1 Å². The van der Waals surface area contributed by atoms with Crippen LogP contribution in [0.25, 0.3) is 0 Å². The van der Waals surface area contributed by atoms with Gasteiger partial charge in [-0.25, -0.2) is 0 Å². The molecule has 1 heterocycles. The SMILES string of the molecule is CN(C)C1COCCN1. The van der Waals surface area contributed by atoms with E-state index in [0.717, 1.165) is 19.8 Å². The molecule has 0 amide bonds. The first-order valence-corrected chi connectivity index (χ1v) is 3.28. The highest BCUT2D eigenvalue weighted by molar-refractivity contribution is 4.66. The van der Waals surface area contributed by atoms with E-state index in [1.807, 2.05) is 14.1 Å². The van der Waals surface area contributed by atoms with Crippen molar-refractivity contribution in [3.05, 3.63) is 0 Å². The lowest BCUT2D eigenvalue weighted by atomic mass is 10.4. The Morgan fingerprint density at radius 3 is 2.67 bits per heavy atom. The van der Waals surface area contributed by atoms with Gasteiger partial charge in [0.05, 0.1) is 19.4 Å². The number of hydrogen-bond donors (Lipinski definition) is 1. The van der Waals surface area contributed by atoms with Crippen LogP contribution in [0.15, 0.2) is 0 Å². The van der Waals surface area contributed by atoms with Crippen LogP contribution >= 0.6 is 0 Å². The zero-order chi connectivity index (χ0) is 6.69. The predicted octanol–water partition coefficient (Wildman–Crippen LogP) is -0.506. The molecule has 1 rings (SSSR count). The second kappa shape index (κ2) is 3.15. The summed E-state index contributed by atoms with van der Waals surface area (Å²) in [6.45, 7) is 2.64. The third-order valence-corrected chi connectivity index (χ3v) is 1.53. The first kappa shape index (κ1) is 6.99. The van der Waals surface area contributed by atoms with Crippen LogP contribution in [0.5, 0.6) is 0 Å². The number of nitrogens with one attached hydrogen (secondary N) is 1. The summed E-state index contributed by atoms with van der Waals surface area (Å²) in [4.78, 5) is 2.12. The topological polar surface area (TPSA) is 24.5 Å². The van der Waals surface area contributed by atoms with Crippen molar-refractivity contribution in [1.29, 1.82) is 0 Å². The Labute approximate surface area is 56.0 Å². The minimum absolute atomic E-state index is 0.416. The third-order valence-electron chi connectivity index (χ3n) is 1.53. The summed E-state index contributed by atoms with van der Waals surface area (Å²) in [5.41, 5.74) is 0. The lowest BCUT2D eigenvalue weighted by molar-refractivity contribution is 0.0284. The zero-order valence-electron chi connectivity index (χ0n) is 6.05. The predicted molar refractivity (Wildman–Crippen MR) is 36.3 cm³/mol. The molecule has 1 N–H and O–H groups in total. The van der Waals surface area contributed by atoms with Crippen molar-refractivity contribution < 1.29 is 4.74 Å². The average Bonchev–Trinajstić information content (AvgIpc) is 1.90. The fourth-order valence-corrected chi connectivity index (χ4v) is 0.883. The zero-order valence-corrected chi connectivity index (χ0v) is 6.05. The number of likely N-dealkylation sites (N-methyl/N-ethyl adjacent to an activating group) is 1. The minimum atomic E-state index is 0.416. The Hall–Kier alpha value is -0.120. The summed E-state index contributed by atoms with van der Waals surface area (Å²) in [5.74, 6) is 0. The van der Waals surface area contributed by atoms with E-state index in [0.29, 0.717) is 6.17 Å². The van der Waals surface area contributed by atoms with Crippen molar-refractivity contribution in [3.8, 4) is 0 Å². The quantitative estimate of drug-likeness (QED) is 0.517. The van der Waals surface area contributed by atoms with E-state index in [9.17, 15) is 0 Å². The van der Waals surface area contributed by atoms with Gasteiger partial charge in [0.25, 0.3) is 0 Å². The largest absolute Gasteiger partial charge is 0.377 e. The molecule has 1 saturated heterocycles. The van der Waals surface area contributed by atoms with E-state index in [1.54, 1.807) is 0 Å². The molecule has 1 aliphatic heterocycles. The Morgan fingerprint density at radius 2 is 2.33 bits per heavy atom. The van der Waals surface area contributed by atoms with Crippen LogP contribution in [0.3, 0.4) is 0 Å². The van der Waals surface area contributed by atoms with Crippen molar-refractivity contribution in [3.63, 3.8) is 0 Å². The third kappa shape index (κ3) is 1.93. The molecule has 0 radical (unpaired) electrons. The van der Waals surface area contributed by atoms with Crippen LogP contribution in [0.2, 0.25) is 0 Å². The summed E-state index contributed by atoms with van der Waals surface area (Å²) in [6.07, 6.45) is 0.416. The van der Waals surface area contributed by atoms with E-state index in [2.05, 4.69) is 10.2 Å². The van der Waals surface area contributed by atoms with Gasteiger partial charge in [-0.3, -0.25) is 10.2 Å². The Morgan fingerprint density at radius 1 is 1.56 bits per heavy atom. The standard InChI is InChI=1S/C6H14N2O/c1-8(2)6-5-9-4-3-7-6/h6-7H,3-5H2,1-2H3. The molecule has 3 nitrogen and oxygen atoms in total. The second-order valence-corrected chi connectivity index (χ2v) is 2.51. The van der Waals surface area contributed by atoms with E-state index in [4.69, 9.17) is 4.74 Å². The normalized spacial score (nSPS) is 29.0. The molecule has 0 bridgehead atoms. The van der Waals surface area contributed by atoms with Crippen LogP contribution in [-0.2, 0) is 4.74 Å². The maximum Gasteiger partial charge on any atom is 0.0834 e. The van der Waals surface area contributed by atoms with Gasteiger partial charge in [0.15, 0.2) is 0 Å². The van der Waals surface area contributed by atoms with Gasteiger partial charge >= 0.3 is 0 Å². The van der Waals surface area contributed by atoms with E-state index in [-0.39, 0.29) is 0 Å². The Kier molecular flexibility index (Phi) is 2.45. The average molecular weight is 130 g/mol. The molecule has 1 unspecified atom stereocenters. The van der Waals surface area contributed by atoms with Gasteiger partial charge in [0.2, 0.25) is 0 Å². The van der Waals surface area contributed by atoms with Crippen molar-refractivity contribution in [2.24, 2.45) is 0 Å². The molecule has 0 aliphatic carbocycles. The monoisotopic (exact) mass is 130 g/mol. The number of morpholine rings is 1. The van der Waals surface area contributed by atoms with Gasteiger partial charge in [-0.15, -0.1) is 0 Å². The van der Waals surface area contributed by atoms with Crippen LogP contribution < -0.4 is 5.32 Å². The smallest absolute Gasteiger partial charge is 0.0834 e. The summed E-state index contributed by atoms with van der Waals surface area (Å²) in [5, 5.41) is 3.32. The summed E-state index contributed by atoms with van der Waals surface area (Å²) >= 11 is 0. The van der Waals surface area contributed by atoms with Crippen molar-refractivity contribution in [2.45, 2.75) is 6.17 Å². The molecule has 0 aromatic rings. The molecule has 0 aromatic carbocycles. The highest BCUT2D eigenvalue weighted by Crippen LogP contribution is 1.94. The molecule has 54 valence electrons. The van der Waals surface area contributed by atoms with Crippen molar-refractivity contribution >= 4 is 0 Å². The molecule has 1 aliphatic rings. The van der Waals surface area contributed by atoms with E-state index < -0.39 is 0 Å². The highest BCUT2D eigenvalue weighted by Gasteiger charge is 2.13. The highest BCUT2D eigenvalue weighted by atomic mass is 16.5. The van der Waals surface area contributed by atoms with E-state index in [1.165, 1.54) is 0 Å². The number of nitrogens with zero attached hydrogens (tertiary/aromatic N) is 1. The molecule has 0 aromatic heterocycles. The summed E-state index contributed by atoms with van der Waals surface area (Å²) < 4.78 is 5.24. The van der Waals surface area contributed by atoms with Gasteiger partial charge < -0.3 is 4.74 Å².